The van der Waals surface area contributed by atoms with Crippen LogP contribution in [0.15, 0.2) is 36.9 Å². The number of imidazole rings is 1. The van der Waals surface area contributed by atoms with E-state index in [1.807, 2.05) is 36.1 Å². The molecule has 0 bridgehead atoms. The molecule has 0 radical (unpaired) electrons. The molecule has 3 aromatic rings. The van der Waals surface area contributed by atoms with Crippen LogP contribution in [0.3, 0.4) is 0 Å². The van der Waals surface area contributed by atoms with E-state index in [1.54, 1.807) is 16.9 Å². The number of rotatable bonds is 3. The van der Waals surface area contributed by atoms with Gasteiger partial charge in [0.2, 0.25) is 0 Å². The maximum Gasteiger partial charge on any atom is 0.157 e. The van der Waals surface area contributed by atoms with Crippen LogP contribution in [-0.2, 0) is 13.6 Å². The Labute approximate surface area is 97.9 Å². The van der Waals surface area contributed by atoms with Gasteiger partial charge in [0.05, 0.1) is 12.7 Å². The van der Waals surface area contributed by atoms with E-state index in [0.717, 1.165) is 17.3 Å². The van der Waals surface area contributed by atoms with Gasteiger partial charge < -0.3 is 9.88 Å². The first kappa shape index (κ1) is 9.83. The predicted molar refractivity (Wildman–Crippen MR) is 63.5 cm³/mol. The van der Waals surface area contributed by atoms with Crippen LogP contribution in [0.4, 0.5) is 5.82 Å². The van der Waals surface area contributed by atoms with Crippen molar-refractivity contribution in [1.29, 1.82) is 0 Å². The maximum absolute atomic E-state index is 4.42. The number of aryl methyl sites for hydroxylation is 1. The Morgan fingerprint density at radius 1 is 1.24 bits per heavy atom. The zero-order valence-corrected chi connectivity index (χ0v) is 9.41. The van der Waals surface area contributed by atoms with Crippen molar-refractivity contribution in [2.24, 2.45) is 7.05 Å². The van der Waals surface area contributed by atoms with Crippen LogP contribution in [-0.4, -0.2) is 24.1 Å². The van der Waals surface area contributed by atoms with Crippen molar-refractivity contribution < 1.29 is 0 Å². The van der Waals surface area contributed by atoms with E-state index >= 15 is 0 Å². The number of aromatic nitrogens is 5. The minimum atomic E-state index is 0.654. The average Bonchev–Trinajstić information content (AvgIpc) is 2.94. The summed E-state index contributed by atoms with van der Waals surface area (Å²) in [6.45, 7) is 0.654. The smallest absolute Gasteiger partial charge is 0.157 e. The molecule has 0 atom stereocenters. The summed E-state index contributed by atoms with van der Waals surface area (Å²) in [5, 5.41) is 7.33. The topological polar surface area (TPSA) is 60.0 Å². The van der Waals surface area contributed by atoms with Gasteiger partial charge in [-0.3, -0.25) is 0 Å². The first-order chi connectivity index (χ1) is 8.33. The van der Waals surface area contributed by atoms with Crippen molar-refractivity contribution >= 4 is 11.5 Å². The Balaban J connectivity index is 1.78. The number of nitrogens with one attached hydrogen (secondary N) is 1. The Kier molecular flexibility index (Phi) is 2.25. The van der Waals surface area contributed by atoms with Gasteiger partial charge in [0.15, 0.2) is 5.65 Å². The Morgan fingerprint density at radius 2 is 2.18 bits per heavy atom. The van der Waals surface area contributed by atoms with Crippen molar-refractivity contribution in [3.63, 3.8) is 0 Å². The summed E-state index contributed by atoms with van der Waals surface area (Å²) in [7, 11) is 1.97. The van der Waals surface area contributed by atoms with Gasteiger partial charge >= 0.3 is 0 Å². The lowest BCUT2D eigenvalue weighted by molar-refractivity contribution is 0.810. The minimum Gasteiger partial charge on any atom is -0.363 e. The standard InChI is InChI=1S/C11H12N6/c1-16-7-5-12-11(16)8-13-9-3-6-17-10(15-9)2-4-14-17/h2-7H,8H2,1H3,(H,13,15). The second-order valence-corrected chi connectivity index (χ2v) is 3.75. The molecule has 0 spiro atoms. The monoisotopic (exact) mass is 228 g/mol. The fourth-order valence-corrected chi connectivity index (χ4v) is 1.65. The van der Waals surface area contributed by atoms with Crippen molar-refractivity contribution in [2.75, 3.05) is 5.32 Å². The highest BCUT2D eigenvalue weighted by Gasteiger charge is 2.01. The molecule has 0 amide bonds. The third-order valence-corrected chi connectivity index (χ3v) is 2.61. The number of fused-ring (bicyclic) bond motifs is 1. The highest BCUT2D eigenvalue weighted by Crippen LogP contribution is 2.07. The van der Waals surface area contributed by atoms with Crippen LogP contribution in [0, 0.1) is 0 Å². The first-order valence-corrected chi connectivity index (χ1v) is 5.33. The zero-order valence-electron chi connectivity index (χ0n) is 9.41. The van der Waals surface area contributed by atoms with Gasteiger partial charge in [0.25, 0.3) is 0 Å². The van der Waals surface area contributed by atoms with Crippen molar-refractivity contribution in [3.05, 3.63) is 42.7 Å². The molecule has 0 aliphatic carbocycles. The van der Waals surface area contributed by atoms with Crippen molar-refractivity contribution in [2.45, 2.75) is 6.54 Å². The van der Waals surface area contributed by atoms with Crippen molar-refractivity contribution in [1.82, 2.24) is 24.1 Å². The molecule has 3 heterocycles. The van der Waals surface area contributed by atoms with Gasteiger partial charge in [-0.25, -0.2) is 14.5 Å². The van der Waals surface area contributed by atoms with Gasteiger partial charge in [0, 0.05) is 31.7 Å². The second-order valence-electron chi connectivity index (χ2n) is 3.75. The molecule has 3 rings (SSSR count). The van der Waals surface area contributed by atoms with Crippen LogP contribution in [0.2, 0.25) is 0 Å². The van der Waals surface area contributed by atoms with Gasteiger partial charge in [-0.15, -0.1) is 0 Å². The number of hydrogen-bond donors (Lipinski definition) is 1. The van der Waals surface area contributed by atoms with Crippen LogP contribution in [0.5, 0.6) is 0 Å². The van der Waals surface area contributed by atoms with Crippen molar-refractivity contribution in [3.8, 4) is 0 Å². The molecule has 0 saturated heterocycles. The lowest BCUT2D eigenvalue weighted by Gasteiger charge is -2.05. The van der Waals surface area contributed by atoms with E-state index in [4.69, 9.17) is 0 Å². The molecule has 86 valence electrons. The molecule has 0 unspecified atom stereocenters. The van der Waals surface area contributed by atoms with Crippen LogP contribution in [0.1, 0.15) is 5.82 Å². The molecule has 0 fully saturated rings. The van der Waals surface area contributed by atoms with E-state index < -0.39 is 0 Å². The summed E-state index contributed by atoms with van der Waals surface area (Å²) < 4.78 is 3.70. The summed E-state index contributed by atoms with van der Waals surface area (Å²) in [6, 6.07) is 3.76. The summed E-state index contributed by atoms with van der Waals surface area (Å²) in [5.41, 5.74) is 0.829. The number of anilines is 1. The third kappa shape index (κ3) is 1.84. The molecule has 0 aliphatic rings. The zero-order chi connectivity index (χ0) is 11.7. The van der Waals surface area contributed by atoms with E-state index in [2.05, 4.69) is 20.4 Å². The molecule has 0 aliphatic heterocycles. The second kappa shape index (κ2) is 3.89. The van der Waals surface area contributed by atoms with Gasteiger partial charge in [-0.1, -0.05) is 0 Å². The average molecular weight is 228 g/mol. The summed E-state index contributed by atoms with van der Waals surface area (Å²) in [6.07, 6.45) is 7.31. The maximum atomic E-state index is 4.42. The number of hydrogen-bond acceptors (Lipinski definition) is 4. The van der Waals surface area contributed by atoms with Crippen LogP contribution < -0.4 is 5.32 Å². The highest BCUT2D eigenvalue weighted by atomic mass is 15.2. The summed E-state index contributed by atoms with van der Waals surface area (Å²) in [5.74, 6) is 1.79. The Bertz CT molecular complexity index is 638. The van der Waals surface area contributed by atoms with Crippen LogP contribution in [0.25, 0.3) is 5.65 Å². The van der Waals surface area contributed by atoms with Crippen LogP contribution >= 0.6 is 0 Å². The summed E-state index contributed by atoms with van der Waals surface area (Å²) >= 11 is 0. The fraction of sp³-hybridized carbons (Fsp3) is 0.182. The third-order valence-electron chi connectivity index (χ3n) is 2.61. The molecule has 17 heavy (non-hydrogen) atoms. The first-order valence-electron chi connectivity index (χ1n) is 5.33. The lowest BCUT2D eigenvalue weighted by atomic mass is 10.5. The molecular formula is C11H12N6. The van der Waals surface area contributed by atoms with Gasteiger partial charge in [-0.2, -0.15) is 5.10 Å². The molecule has 6 nitrogen and oxygen atoms in total. The molecule has 0 saturated carbocycles. The minimum absolute atomic E-state index is 0.654. The van der Waals surface area contributed by atoms with E-state index in [1.165, 1.54) is 0 Å². The SMILES string of the molecule is Cn1ccnc1CNc1ccn2nccc2n1. The fourth-order valence-electron chi connectivity index (χ4n) is 1.65. The van der Waals surface area contributed by atoms with Gasteiger partial charge in [-0.05, 0) is 6.07 Å². The number of nitrogens with zero attached hydrogens (tertiary/aromatic N) is 5. The molecule has 1 N–H and O–H groups in total. The van der Waals surface area contributed by atoms with E-state index in [-0.39, 0.29) is 0 Å². The normalized spacial score (nSPS) is 10.9. The molecule has 6 heteroatoms. The van der Waals surface area contributed by atoms with E-state index in [9.17, 15) is 0 Å². The largest absolute Gasteiger partial charge is 0.363 e. The Hall–Kier alpha value is -2.37. The molecule has 0 aromatic carbocycles. The summed E-state index contributed by atoms with van der Waals surface area (Å²) in [4.78, 5) is 8.65. The Morgan fingerprint density at radius 3 is 3.00 bits per heavy atom. The molecule has 3 aromatic heterocycles. The van der Waals surface area contributed by atoms with Gasteiger partial charge in [0.1, 0.15) is 11.6 Å². The quantitative estimate of drug-likeness (QED) is 0.728. The lowest BCUT2D eigenvalue weighted by Crippen LogP contribution is -2.07. The predicted octanol–water partition coefficient (Wildman–Crippen LogP) is 1.07. The molecular weight excluding hydrogens is 216 g/mol. The highest BCUT2D eigenvalue weighted by molar-refractivity contribution is 5.45. The van der Waals surface area contributed by atoms with E-state index in [0.29, 0.717) is 6.54 Å².